The molecule has 0 atom stereocenters. The van der Waals surface area contributed by atoms with Crippen molar-refractivity contribution in [1.82, 2.24) is 5.06 Å². The van der Waals surface area contributed by atoms with E-state index in [4.69, 9.17) is 10.3 Å². The van der Waals surface area contributed by atoms with Crippen LogP contribution in [0, 0.1) is 0 Å². The first-order valence-electron chi connectivity index (χ1n) is 2.91. The van der Waals surface area contributed by atoms with E-state index in [0.29, 0.717) is 25.9 Å². The Hall–Kier alpha value is -0.160. The summed E-state index contributed by atoms with van der Waals surface area (Å²) in [5.41, 5.74) is 0. The molecular formula is C5H13NO3. The molecule has 9 heavy (non-hydrogen) atoms. The second kappa shape index (κ2) is 3.79. The Labute approximate surface area is 54.0 Å². The summed E-state index contributed by atoms with van der Waals surface area (Å²) < 4.78 is 0. The second-order valence-electron chi connectivity index (χ2n) is 2.18. The maximum absolute atomic E-state index is 8.89. The SMILES string of the molecule is O.OC1CCN(O)CC1. The van der Waals surface area contributed by atoms with Crippen molar-refractivity contribution < 1.29 is 15.8 Å². The number of rotatable bonds is 0. The summed E-state index contributed by atoms with van der Waals surface area (Å²) in [6, 6.07) is 0. The molecule has 0 aromatic rings. The molecule has 0 saturated carbocycles. The highest BCUT2D eigenvalue weighted by molar-refractivity contribution is 4.64. The molecule has 1 saturated heterocycles. The average Bonchev–Trinajstić information content (AvgIpc) is 1.77. The molecule has 56 valence electrons. The van der Waals surface area contributed by atoms with Gasteiger partial charge in [-0.2, -0.15) is 5.06 Å². The molecule has 0 unspecified atom stereocenters. The lowest BCUT2D eigenvalue weighted by Gasteiger charge is -2.23. The van der Waals surface area contributed by atoms with Gasteiger partial charge in [0.2, 0.25) is 0 Å². The van der Waals surface area contributed by atoms with Gasteiger partial charge in [-0.3, -0.25) is 0 Å². The van der Waals surface area contributed by atoms with E-state index >= 15 is 0 Å². The van der Waals surface area contributed by atoms with Gasteiger partial charge in [-0.05, 0) is 12.8 Å². The molecule has 0 aromatic heterocycles. The molecule has 0 bridgehead atoms. The van der Waals surface area contributed by atoms with E-state index in [9.17, 15) is 0 Å². The number of piperidine rings is 1. The van der Waals surface area contributed by atoms with Crippen molar-refractivity contribution in [2.45, 2.75) is 18.9 Å². The van der Waals surface area contributed by atoms with Gasteiger partial charge in [0.15, 0.2) is 0 Å². The quantitative estimate of drug-likeness (QED) is 0.447. The molecule has 4 heteroatoms. The predicted octanol–water partition coefficient (Wildman–Crippen LogP) is -0.992. The Bertz CT molecular complexity index is 60.6. The first kappa shape index (κ1) is 8.84. The van der Waals surface area contributed by atoms with Gasteiger partial charge >= 0.3 is 0 Å². The zero-order valence-electron chi connectivity index (χ0n) is 5.25. The molecule has 0 aromatic carbocycles. The zero-order chi connectivity index (χ0) is 5.98. The van der Waals surface area contributed by atoms with Crippen molar-refractivity contribution in [1.29, 1.82) is 0 Å². The van der Waals surface area contributed by atoms with Crippen LogP contribution in [0.4, 0.5) is 0 Å². The maximum Gasteiger partial charge on any atom is 0.0566 e. The summed E-state index contributed by atoms with van der Waals surface area (Å²) in [5.74, 6) is 0. The zero-order valence-corrected chi connectivity index (χ0v) is 5.25. The lowest BCUT2D eigenvalue weighted by atomic mass is 10.1. The highest BCUT2D eigenvalue weighted by Crippen LogP contribution is 2.06. The maximum atomic E-state index is 8.89. The normalized spacial score (nSPS) is 23.3. The highest BCUT2D eigenvalue weighted by Gasteiger charge is 2.13. The molecule has 1 fully saturated rings. The molecule has 0 spiro atoms. The molecule has 0 aliphatic carbocycles. The summed E-state index contributed by atoms with van der Waals surface area (Å²) >= 11 is 0. The van der Waals surface area contributed by atoms with Crippen LogP contribution in [0.25, 0.3) is 0 Å². The molecule has 1 aliphatic rings. The number of aliphatic hydroxyl groups is 1. The molecule has 0 radical (unpaired) electrons. The predicted molar refractivity (Wildman–Crippen MR) is 32.2 cm³/mol. The van der Waals surface area contributed by atoms with Crippen molar-refractivity contribution in [2.24, 2.45) is 0 Å². The lowest BCUT2D eigenvalue weighted by Crippen LogP contribution is -2.33. The Kier molecular flexibility index (Phi) is 3.72. The summed E-state index contributed by atoms with van der Waals surface area (Å²) in [5, 5.41) is 18.9. The fourth-order valence-electron chi connectivity index (χ4n) is 0.852. The lowest BCUT2D eigenvalue weighted by molar-refractivity contribution is -0.121. The number of hydrogen-bond donors (Lipinski definition) is 2. The third kappa shape index (κ3) is 2.76. The van der Waals surface area contributed by atoms with Crippen molar-refractivity contribution in [3.63, 3.8) is 0 Å². The van der Waals surface area contributed by atoms with E-state index in [1.807, 2.05) is 0 Å². The van der Waals surface area contributed by atoms with Crippen LogP contribution >= 0.6 is 0 Å². The molecular weight excluding hydrogens is 122 g/mol. The Morgan fingerprint density at radius 3 is 2.00 bits per heavy atom. The van der Waals surface area contributed by atoms with Crippen molar-refractivity contribution >= 4 is 0 Å². The molecule has 4 N–H and O–H groups in total. The molecule has 0 amide bonds. The van der Waals surface area contributed by atoms with Crippen LogP contribution in [-0.2, 0) is 0 Å². The number of hydrogen-bond acceptors (Lipinski definition) is 3. The van der Waals surface area contributed by atoms with Crippen LogP contribution < -0.4 is 0 Å². The van der Waals surface area contributed by atoms with Crippen LogP contribution in [0.5, 0.6) is 0 Å². The van der Waals surface area contributed by atoms with E-state index in [2.05, 4.69) is 0 Å². The van der Waals surface area contributed by atoms with Gasteiger partial charge in [0.05, 0.1) is 6.10 Å². The summed E-state index contributed by atoms with van der Waals surface area (Å²) in [6.45, 7) is 1.22. The Morgan fingerprint density at radius 1 is 1.22 bits per heavy atom. The van der Waals surface area contributed by atoms with Crippen molar-refractivity contribution in [2.75, 3.05) is 13.1 Å². The number of aliphatic hydroxyl groups excluding tert-OH is 1. The minimum atomic E-state index is -0.182. The second-order valence-corrected chi connectivity index (χ2v) is 2.18. The summed E-state index contributed by atoms with van der Waals surface area (Å²) in [7, 11) is 0. The molecule has 1 aliphatic heterocycles. The van der Waals surface area contributed by atoms with Crippen LogP contribution in [0.2, 0.25) is 0 Å². The average molecular weight is 135 g/mol. The number of hydroxylamine groups is 2. The minimum Gasteiger partial charge on any atom is -0.412 e. The third-order valence-electron chi connectivity index (χ3n) is 1.44. The van der Waals surface area contributed by atoms with Crippen molar-refractivity contribution in [3.05, 3.63) is 0 Å². The van der Waals surface area contributed by atoms with E-state index in [1.54, 1.807) is 0 Å². The fraction of sp³-hybridized carbons (Fsp3) is 1.00. The van der Waals surface area contributed by atoms with Gasteiger partial charge in [-0.25, -0.2) is 0 Å². The monoisotopic (exact) mass is 135 g/mol. The van der Waals surface area contributed by atoms with E-state index < -0.39 is 0 Å². The van der Waals surface area contributed by atoms with E-state index in [0.717, 1.165) is 0 Å². The first-order valence-corrected chi connectivity index (χ1v) is 2.91. The Morgan fingerprint density at radius 2 is 1.67 bits per heavy atom. The van der Waals surface area contributed by atoms with Gasteiger partial charge in [0.1, 0.15) is 0 Å². The third-order valence-corrected chi connectivity index (χ3v) is 1.44. The topological polar surface area (TPSA) is 75.2 Å². The van der Waals surface area contributed by atoms with Crippen LogP contribution in [0.1, 0.15) is 12.8 Å². The smallest absolute Gasteiger partial charge is 0.0566 e. The Balaban J connectivity index is 0.000000640. The standard InChI is InChI=1S/C5H11NO2.H2O/c7-5-1-3-6(8)4-2-5;/h5,7-8H,1-4H2;1H2. The van der Waals surface area contributed by atoms with Crippen LogP contribution in [0.15, 0.2) is 0 Å². The van der Waals surface area contributed by atoms with Crippen molar-refractivity contribution in [3.8, 4) is 0 Å². The minimum absolute atomic E-state index is 0. The molecule has 1 rings (SSSR count). The summed E-state index contributed by atoms with van der Waals surface area (Å²) in [6.07, 6.45) is 1.23. The van der Waals surface area contributed by atoms with E-state index in [1.165, 1.54) is 5.06 Å². The molecule has 1 heterocycles. The fourth-order valence-corrected chi connectivity index (χ4v) is 0.852. The number of nitrogens with zero attached hydrogens (tertiary/aromatic N) is 1. The molecule has 4 nitrogen and oxygen atoms in total. The highest BCUT2D eigenvalue weighted by atomic mass is 16.5. The van der Waals surface area contributed by atoms with Gasteiger partial charge in [-0.1, -0.05) is 0 Å². The van der Waals surface area contributed by atoms with Gasteiger partial charge < -0.3 is 15.8 Å². The summed E-state index contributed by atoms with van der Waals surface area (Å²) in [4.78, 5) is 0. The van der Waals surface area contributed by atoms with E-state index in [-0.39, 0.29) is 11.6 Å². The van der Waals surface area contributed by atoms with Gasteiger partial charge in [0.25, 0.3) is 0 Å². The van der Waals surface area contributed by atoms with Gasteiger partial charge in [0, 0.05) is 13.1 Å². The first-order chi connectivity index (χ1) is 3.79. The van der Waals surface area contributed by atoms with Crippen LogP contribution in [-0.4, -0.2) is 40.0 Å². The van der Waals surface area contributed by atoms with Crippen LogP contribution in [0.3, 0.4) is 0 Å². The largest absolute Gasteiger partial charge is 0.412 e. The van der Waals surface area contributed by atoms with Gasteiger partial charge in [-0.15, -0.1) is 0 Å².